The van der Waals surface area contributed by atoms with Gasteiger partial charge in [-0.3, -0.25) is 0 Å². The second kappa shape index (κ2) is 8.85. The second-order valence-electron chi connectivity index (χ2n) is 10.8. The van der Waals surface area contributed by atoms with Crippen LogP contribution in [0, 0.1) is 11.8 Å². The Balaban J connectivity index is 1.10. The summed E-state index contributed by atoms with van der Waals surface area (Å²) in [5.74, 6) is 2.62. The van der Waals surface area contributed by atoms with Gasteiger partial charge in [0, 0.05) is 29.6 Å². The molecule has 0 aliphatic heterocycles. The number of aliphatic hydroxyl groups is 2. The van der Waals surface area contributed by atoms with Gasteiger partial charge in [-0.1, -0.05) is 0 Å². The second-order valence-corrected chi connectivity index (χ2v) is 10.8. The lowest BCUT2D eigenvalue weighted by atomic mass is 10.1. The molecular formula is C28H32N6O3. The SMILES string of the molecule is Nc1ncnc2c1c1c(n2[C@@H]2C[C@H](COc3ccc4ccc(NCC5CC5)nc4c3)[C@@H](O)[C@H]2O)CCC1. The lowest BCUT2D eigenvalue weighted by molar-refractivity contribution is -0.00165. The van der Waals surface area contributed by atoms with E-state index in [9.17, 15) is 10.2 Å². The van der Waals surface area contributed by atoms with Crippen molar-refractivity contribution in [1.82, 2.24) is 19.5 Å². The minimum atomic E-state index is -0.913. The van der Waals surface area contributed by atoms with Gasteiger partial charge >= 0.3 is 0 Å². The molecule has 192 valence electrons. The van der Waals surface area contributed by atoms with Crippen LogP contribution in [0.4, 0.5) is 11.6 Å². The van der Waals surface area contributed by atoms with Crippen molar-refractivity contribution < 1.29 is 14.9 Å². The van der Waals surface area contributed by atoms with E-state index in [1.54, 1.807) is 0 Å². The molecular weight excluding hydrogens is 468 g/mol. The first-order valence-electron chi connectivity index (χ1n) is 13.3. The van der Waals surface area contributed by atoms with Crippen molar-refractivity contribution >= 4 is 33.6 Å². The number of ether oxygens (including phenoxy) is 1. The van der Waals surface area contributed by atoms with Crippen LogP contribution >= 0.6 is 0 Å². The largest absolute Gasteiger partial charge is 0.493 e. The number of rotatable bonds is 7. The van der Waals surface area contributed by atoms with Gasteiger partial charge in [0.2, 0.25) is 0 Å². The van der Waals surface area contributed by atoms with Gasteiger partial charge in [0.25, 0.3) is 0 Å². The molecule has 7 rings (SSSR count). The zero-order chi connectivity index (χ0) is 25.1. The maximum absolute atomic E-state index is 11.1. The molecule has 2 saturated carbocycles. The summed E-state index contributed by atoms with van der Waals surface area (Å²) in [6, 6.07) is 9.67. The Kier molecular flexibility index (Phi) is 5.44. The molecule has 37 heavy (non-hydrogen) atoms. The number of nitrogens with two attached hydrogens (primary N) is 1. The summed E-state index contributed by atoms with van der Waals surface area (Å²) in [6.45, 7) is 1.27. The highest BCUT2D eigenvalue weighted by atomic mass is 16.5. The first-order valence-corrected chi connectivity index (χ1v) is 13.3. The zero-order valence-corrected chi connectivity index (χ0v) is 20.7. The van der Waals surface area contributed by atoms with E-state index in [0.29, 0.717) is 24.6 Å². The summed E-state index contributed by atoms with van der Waals surface area (Å²) < 4.78 is 8.25. The average molecular weight is 501 g/mol. The molecule has 2 fully saturated rings. The van der Waals surface area contributed by atoms with E-state index < -0.39 is 12.2 Å². The highest BCUT2D eigenvalue weighted by Gasteiger charge is 2.45. The molecule has 9 heteroatoms. The van der Waals surface area contributed by atoms with E-state index in [2.05, 4.69) is 25.9 Å². The van der Waals surface area contributed by atoms with Gasteiger partial charge < -0.3 is 30.6 Å². The Morgan fingerprint density at radius 1 is 1.08 bits per heavy atom. The summed E-state index contributed by atoms with van der Waals surface area (Å²) in [5, 5.41) is 27.5. The molecule has 9 nitrogen and oxygen atoms in total. The maximum atomic E-state index is 11.1. The van der Waals surface area contributed by atoms with Crippen molar-refractivity contribution in [2.75, 3.05) is 24.2 Å². The summed E-state index contributed by atoms with van der Waals surface area (Å²) in [7, 11) is 0. The van der Waals surface area contributed by atoms with Gasteiger partial charge in [-0.25, -0.2) is 15.0 Å². The number of nitrogen functional groups attached to an aromatic ring is 1. The summed E-state index contributed by atoms with van der Waals surface area (Å²) in [6.07, 6.45) is 5.73. The third kappa shape index (κ3) is 3.97. The molecule has 3 heterocycles. The number of fused-ring (bicyclic) bond motifs is 4. The fraction of sp³-hybridized carbons (Fsp3) is 0.464. The fourth-order valence-corrected chi connectivity index (χ4v) is 6.19. The van der Waals surface area contributed by atoms with E-state index in [0.717, 1.165) is 65.2 Å². The zero-order valence-electron chi connectivity index (χ0n) is 20.7. The molecule has 0 unspecified atom stereocenters. The van der Waals surface area contributed by atoms with E-state index in [4.69, 9.17) is 15.5 Å². The van der Waals surface area contributed by atoms with Crippen molar-refractivity contribution in [1.29, 1.82) is 0 Å². The van der Waals surface area contributed by atoms with Crippen molar-refractivity contribution in [3.05, 3.63) is 47.9 Å². The normalized spacial score (nSPS) is 25.1. The van der Waals surface area contributed by atoms with E-state index in [-0.39, 0.29) is 12.0 Å². The highest BCUT2D eigenvalue weighted by molar-refractivity contribution is 5.91. The van der Waals surface area contributed by atoms with Crippen molar-refractivity contribution in [3.8, 4) is 5.75 Å². The highest BCUT2D eigenvalue weighted by Crippen LogP contribution is 2.43. The van der Waals surface area contributed by atoms with E-state index >= 15 is 0 Å². The molecule has 3 aromatic heterocycles. The molecule has 0 bridgehead atoms. The third-order valence-electron chi connectivity index (χ3n) is 8.37. The lowest BCUT2D eigenvalue weighted by Gasteiger charge is -2.21. The molecule has 3 aliphatic rings. The Morgan fingerprint density at radius 3 is 2.81 bits per heavy atom. The number of pyridine rings is 1. The molecule has 0 saturated heterocycles. The van der Waals surface area contributed by atoms with Crippen LogP contribution in [0.25, 0.3) is 21.9 Å². The number of anilines is 2. The number of hydrogen-bond donors (Lipinski definition) is 4. The van der Waals surface area contributed by atoms with Crippen LogP contribution in [0.2, 0.25) is 0 Å². The summed E-state index contributed by atoms with van der Waals surface area (Å²) >= 11 is 0. The van der Waals surface area contributed by atoms with E-state index in [1.165, 1.54) is 24.7 Å². The minimum absolute atomic E-state index is 0.219. The van der Waals surface area contributed by atoms with Gasteiger partial charge in [-0.05, 0) is 74.3 Å². The molecule has 0 amide bonds. The lowest BCUT2D eigenvalue weighted by Crippen LogP contribution is -2.31. The van der Waals surface area contributed by atoms with Crippen LogP contribution in [0.3, 0.4) is 0 Å². The Bertz CT molecular complexity index is 1480. The number of aliphatic hydroxyl groups excluding tert-OH is 2. The predicted octanol–water partition coefficient (Wildman–Crippen LogP) is 3.23. The molecule has 4 aromatic rings. The van der Waals surface area contributed by atoms with Gasteiger partial charge in [0.05, 0.1) is 29.7 Å². The third-order valence-corrected chi connectivity index (χ3v) is 8.37. The van der Waals surface area contributed by atoms with Gasteiger partial charge in [-0.2, -0.15) is 0 Å². The Morgan fingerprint density at radius 2 is 1.95 bits per heavy atom. The monoisotopic (exact) mass is 500 g/mol. The molecule has 5 N–H and O–H groups in total. The summed E-state index contributed by atoms with van der Waals surface area (Å²) in [5.41, 5.74) is 10.2. The van der Waals surface area contributed by atoms with Gasteiger partial charge in [-0.15, -0.1) is 0 Å². The van der Waals surface area contributed by atoms with Crippen LogP contribution in [-0.2, 0) is 12.8 Å². The first-order chi connectivity index (χ1) is 18.1. The van der Waals surface area contributed by atoms with Gasteiger partial charge in [0.1, 0.15) is 35.5 Å². The number of aryl methyl sites for hydroxylation is 1. The molecule has 4 atom stereocenters. The minimum Gasteiger partial charge on any atom is -0.493 e. The molecule has 0 spiro atoms. The number of aromatic nitrogens is 4. The first kappa shape index (κ1) is 22.7. The number of nitrogens with zero attached hydrogens (tertiary/aromatic N) is 4. The number of hydrogen-bond acceptors (Lipinski definition) is 8. The Hall–Kier alpha value is -3.43. The number of nitrogens with one attached hydrogen (secondary N) is 1. The van der Waals surface area contributed by atoms with Crippen LogP contribution in [-0.4, -0.2) is 55.1 Å². The molecule has 1 aromatic carbocycles. The topological polar surface area (TPSA) is 131 Å². The predicted molar refractivity (Wildman–Crippen MR) is 142 cm³/mol. The average Bonchev–Trinajstić information content (AvgIpc) is 3.43. The van der Waals surface area contributed by atoms with Crippen LogP contribution in [0.15, 0.2) is 36.7 Å². The van der Waals surface area contributed by atoms with Crippen LogP contribution in [0.1, 0.15) is 43.0 Å². The smallest absolute Gasteiger partial charge is 0.146 e. The van der Waals surface area contributed by atoms with Crippen LogP contribution in [0.5, 0.6) is 5.75 Å². The Labute approximate surface area is 214 Å². The van der Waals surface area contributed by atoms with Crippen LogP contribution < -0.4 is 15.8 Å². The summed E-state index contributed by atoms with van der Waals surface area (Å²) in [4.78, 5) is 13.5. The van der Waals surface area contributed by atoms with Crippen molar-refractivity contribution in [2.24, 2.45) is 11.8 Å². The quantitative estimate of drug-likeness (QED) is 0.304. The standard InChI is InChI=1S/C28H32N6O3/c29-27-24-19-2-1-3-21(19)34(28(24)32-14-31-27)22-10-17(25(35)26(22)36)13-37-18-8-6-16-7-9-23(33-20(16)11-18)30-12-15-4-5-15/h6-9,11,14-15,17,22,25-26,35-36H,1-5,10,12-13H2,(H,30,33)(H2,29,31,32)/t17-,22-,25-,26+/m1/s1. The van der Waals surface area contributed by atoms with Crippen molar-refractivity contribution in [2.45, 2.75) is 56.8 Å². The fourth-order valence-electron chi connectivity index (χ4n) is 6.19. The van der Waals surface area contributed by atoms with E-state index in [1.807, 2.05) is 24.3 Å². The molecule has 3 aliphatic carbocycles. The van der Waals surface area contributed by atoms with Gasteiger partial charge in [0.15, 0.2) is 0 Å². The van der Waals surface area contributed by atoms with Crippen molar-refractivity contribution in [3.63, 3.8) is 0 Å². The maximum Gasteiger partial charge on any atom is 0.146 e. The molecule has 0 radical (unpaired) electrons. The number of benzene rings is 1.